The lowest BCUT2D eigenvalue weighted by Crippen LogP contribution is -2.45. The quantitative estimate of drug-likeness (QED) is 0.642. The van der Waals surface area contributed by atoms with Gasteiger partial charge in [0, 0.05) is 0 Å². The summed E-state index contributed by atoms with van der Waals surface area (Å²) in [6.45, 7) is 6.25. The molecule has 0 bridgehead atoms. The van der Waals surface area contributed by atoms with Crippen LogP contribution < -0.4 is 5.32 Å². The van der Waals surface area contributed by atoms with Crippen LogP contribution in [0.5, 0.6) is 0 Å². The van der Waals surface area contributed by atoms with Gasteiger partial charge in [0.2, 0.25) is 0 Å². The number of carbonyl (C=O) groups excluding carboxylic acids is 1. The maximum Gasteiger partial charge on any atom is 0.408 e. The van der Waals surface area contributed by atoms with Crippen LogP contribution in [0.2, 0.25) is 0 Å². The molecule has 0 spiro atoms. The van der Waals surface area contributed by atoms with Crippen LogP contribution in [0.15, 0.2) is 30.3 Å². The molecule has 1 aromatic carbocycles. The highest BCUT2D eigenvalue weighted by Gasteiger charge is 2.55. The second kappa shape index (κ2) is 8.58. The fraction of sp³-hybridized carbons (Fsp3) is 0.632. The Balaban J connectivity index is 1.91. The minimum absolute atomic E-state index is 0.0718. The van der Waals surface area contributed by atoms with E-state index in [4.69, 9.17) is 13.7 Å². The molecule has 0 aliphatic heterocycles. The first-order valence-corrected chi connectivity index (χ1v) is 10.8. The standard InChI is InChI=1S/C19H29NO6S/c1-18(2,3)26-17(21)20-19(12-16(19)10-11-25-27(4,22)23)14-24-13-15-8-6-5-7-9-15/h5-9,16H,10-14H2,1-4H3,(H,20,21)/t16-,19+/m0/s1. The number of ether oxygens (including phenoxy) is 2. The summed E-state index contributed by atoms with van der Waals surface area (Å²) in [6, 6.07) is 9.76. The zero-order valence-corrected chi connectivity index (χ0v) is 17.2. The summed E-state index contributed by atoms with van der Waals surface area (Å²) >= 11 is 0. The maximum absolute atomic E-state index is 12.2. The Morgan fingerprint density at radius 3 is 2.52 bits per heavy atom. The van der Waals surface area contributed by atoms with E-state index < -0.39 is 27.4 Å². The molecule has 1 aromatic rings. The van der Waals surface area contributed by atoms with Gasteiger partial charge in [0.25, 0.3) is 10.1 Å². The molecule has 0 unspecified atom stereocenters. The molecule has 27 heavy (non-hydrogen) atoms. The fourth-order valence-electron chi connectivity index (χ4n) is 2.90. The number of alkyl carbamates (subject to hydrolysis) is 1. The van der Waals surface area contributed by atoms with Gasteiger partial charge in [-0.2, -0.15) is 8.42 Å². The number of carbonyl (C=O) groups is 1. The number of benzene rings is 1. The molecule has 2 atom stereocenters. The molecule has 1 N–H and O–H groups in total. The minimum atomic E-state index is -3.47. The topological polar surface area (TPSA) is 90.9 Å². The first kappa shape index (κ1) is 21.7. The summed E-state index contributed by atoms with van der Waals surface area (Å²) in [5.41, 5.74) is -0.111. The molecule has 1 amide bonds. The van der Waals surface area contributed by atoms with Crippen molar-refractivity contribution in [2.75, 3.05) is 19.5 Å². The third-order valence-electron chi connectivity index (χ3n) is 4.22. The molecule has 8 heteroatoms. The summed E-state index contributed by atoms with van der Waals surface area (Å²) in [5, 5.41) is 2.92. The second-order valence-corrected chi connectivity index (χ2v) is 9.62. The normalized spacial score (nSPS) is 22.3. The molecule has 1 aliphatic rings. The van der Waals surface area contributed by atoms with Gasteiger partial charge in [-0.1, -0.05) is 30.3 Å². The van der Waals surface area contributed by atoms with Gasteiger partial charge in [-0.15, -0.1) is 0 Å². The predicted molar refractivity (Wildman–Crippen MR) is 102 cm³/mol. The third-order valence-corrected chi connectivity index (χ3v) is 4.81. The number of hydrogen-bond acceptors (Lipinski definition) is 6. The van der Waals surface area contributed by atoms with E-state index in [-0.39, 0.29) is 12.5 Å². The van der Waals surface area contributed by atoms with Gasteiger partial charge in [0.05, 0.1) is 31.6 Å². The zero-order chi connectivity index (χ0) is 20.1. The largest absolute Gasteiger partial charge is 0.444 e. The van der Waals surface area contributed by atoms with Crippen molar-refractivity contribution in [3.05, 3.63) is 35.9 Å². The predicted octanol–water partition coefficient (Wildman–Crippen LogP) is 2.85. The van der Waals surface area contributed by atoms with Gasteiger partial charge in [-0.3, -0.25) is 4.18 Å². The van der Waals surface area contributed by atoms with Crippen molar-refractivity contribution in [2.24, 2.45) is 5.92 Å². The highest BCUT2D eigenvalue weighted by atomic mass is 32.2. The molecular formula is C19H29NO6S. The Bertz CT molecular complexity index is 728. The summed E-state index contributed by atoms with van der Waals surface area (Å²) in [6.07, 6.45) is 1.72. The third kappa shape index (κ3) is 7.86. The Morgan fingerprint density at radius 2 is 1.93 bits per heavy atom. The van der Waals surface area contributed by atoms with Crippen molar-refractivity contribution in [1.29, 1.82) is 0 Å². The molecule has 1 saturated carbocycles. The van der Waals surface area contributed by atoms with Crippen LogP contribution in [0.25, 0.3) is 0 Å². The molecule has 1 aliphatic carbocycles. The van der Waals surface area contributed by atoms with Gasteiger partial charge in [0.1, 0.15) is 5.60 Å². The van der Waals surface area contributed by atoms with Crippen LogP contribution in [-0.2, 0) is 30.4 Å². The number of amides is 1. The lowest BCUT2D eigenvalue weighted by atomic mass is 10.1. The van der Waals surface area contributed by atoms with Crippen molar-refractivity contribution in [3.63, 3.8) is 0 Å². The molecule has 152 valence electrons. The molecular weight excluding hydrogens is 370 g/mol. The molecule has 1 fully saturated rings. The van der Waals surface area contributed by atoms with E-state index in [1.54, 1.807) is 20.8 Å². The molecule has 0 saturated heterocycles. The van der Waals surface area contributed by atoms with Crippen molar-refractivity contribution < 1.29 is 26.9 Å². The Morgan fingerprint density at radius 1 is 1.26 bits per heavy atom. The van der Waals surface area contributed by atoms with Gasteiger partial charge in [-0.25, -0.2) is 4.79 Å². The maximum atomic E-state index is 12.2. The van der Waals surface area contributed by atoms with Crippen molar-refractivity contribution in [3.8, 4) is 0 Å². The van der Waals surface area contributed by atoms with Gasteiger partial charge in [0.15, 0.2) is 0 Å². The van der Waals surface area contributed by atoms with Crippen LogP contribution >= 0.6 is 0 Å². The highest BCUT2D eigenvalue weighted by molar-refractivity contribution is 7.85. The molecule has 0 radical (unpaired) electrons. The number of hydrogen-bond donors (Lipinski definition) is 1. The van der Waals surface area contributed by atoms with E-state index in [1.165, 1.54) is 0 Å². The first-order chi connectivity index (χ1) is 12.5. The van der Waals surface area contributed by atoms with E-state index in [9.17, 15) is 13.2 Å². The van der Waals surface area contributed by atoms with Crippen molar-refractivity contribution in [2.45, 2.75) is 51.4 Å². The second-order valence-electron chi connectivity index (χ2n) is 7.98. The van der Waals surface area contributed by atoms with Crippen LogP contribution in [0.4, 0.5) is 4.79 Å². The van der Waals surface area contributed by atoms with Crippen LogP contribution in [0.3, 0.4) is 0 Å². The molecule has 0 heterocycles. The minimum Gasteiger partial charge on any atom is -0.444 e. The van der Waals surface area contributed by atoms with Crippen LogP contribution in [-0.4, -0.2) is 45.1 Å². The Hall–Kier alpha value is -1.64. The average molecular weight is 400 g/mol. The molecule has 2 rings (SSSR count). The van der Waals surface area contributed by atoms with Gasteiger partial charge < -0.3 is 14.8 Å². The van der Waals surface area contributed by atoms with Gasteiger partial charge >= 0.3 is 6.09 Å². The van der Waals surface area contributed by atoms with E-state index in [0.717, 1.165) is 11.8 Å². The zero-order valence-electron chi connectivity index (χ0n) is 16.4. The molecule has 7 nitrogen and oxygen atoms in total. The summed E-state index contributed by atoms with van der Waals surface area (Å²) in [4.78, 5) is 12.2. The summed E-state index contributed by atoms with van der Waals surface area (Å²) in [5.74, 6) is 0.0718. The Kier molecular flexibility index (Phi) is 6.88. The van der Waals surface area contributed by atoms with E-state index in [2.05, 4.69) is 5.32 Å². The smallest absolute Gasteiger partial charge is 0.408 e. The lowest BCUT2D eigenvalue weighted by Gasteiger charge is -2.24. The SMILES string of the molecule is CC(C)(C)OC(=O)N[C@@]1(COCc2ccccc2)C[C@@H]1CCOS(C)(=O)=O. The van der Waals surface area contributed by atoms with Crippen LogP contribution in [0.1, 0.15) is 39.2 Å². The number of nitrogens with one attached hydrogen (secondary N) is 1. The van der Waals surface area contributed by atoms with E-state index >= 15 is 0 Å². The van der Waals surface area contributed by atoms with Crippen LogP contribution in [0, 0.1) is 5.92 Å². The first-order valence-electron chi connectivity index (χ1n) is 8.96. The average Bonchev–Trinajstić information content (AvgIpc) is 3.17. The fourth-order valence-corrected chi connectivity index (χ4v) is 3.30. The van der Waals surface area contributed by atoms with E-state index in [1.807, 2.05) is 30.3 Å². The molecule has 0 aromatic heterocycles. The Labute approximate surface area is 161 Å². The van der Waals surface area contributed by atoms with Crippen molar-refractivity contribution in [1.82, 2.24) is 5.32 Å². The monoisotopic (exact) mass is 399 g/mol. The lowest BCUT2D eigenvalue weighted by molar-refractivity contribution is 0.0383. The van der Waals surface area contributed by atoms with E-state index in [0.29, 0.717) is 26.1 Å². The number of rotatable bonds is 9. The van der Waals surface area contributed by atoms with Gasteiger partial charge in [-0.05, 0) is 45.1 Å². The highest BCUT2D eigenvalue weighted by Crippen LogP contribution is 2.46. The summed E-state index contributed by atoms with van der Waals surface area (Å²) < 4.78 is 38.2. The van der Waals surface area contributed by atoms with Crippen molar-refractivity contribution >= 4 is 16.2 Å². The summed E-state index contributed by atoms with van der Waals surface area (Å²) in [7, 11) is -3.47.